The summed E-state index contributed by atoms with van der Waals surface area (Å²) in [6, 6.07) is 7.52. The van der Waals surface area contributed by atoms with Crippen molar-refractivity contribution in [1.29, 1.82) is 0 Å². The van der Waals surface area contributed by atoms with Gasteiger partial charge in [0.25, 0.3) is 0 Å². The SMILES string of the molecule is Brc1ccc2c(c1)C(NC1CCCCCCC1)CCO2. The van der Waals surface area contributed by atoms with Gasteiger partial charge in [0.15, 0.2) is 0 Å². The van der Waals surface area contributed by atoms with Crippen LogP contribution in [0.3, 0.4) is 0 Å². The van der Waals surface area contributed by atoms with Gasteiger partial charge in [-0.15, -0.1) is 0 Å². The van der Waals surface area contributed by atoms with Crippen molar-refractivity contribution < 1.29 is 4.74 Å². The zero-order valence-corrected chi connectivity index (χ0v) is 13.6. The molecule has 1 fully saturated rings. The Hall–Kier alpha value is -0.540. The Labute approximate surface area is 130 Å². The summed E-state index contributed by atoms with van der Waals surface area (Å²) in [5, 5.41) is 3.91. The number of rotatable bonds is 2. The van der Waals surface area contributed by atoms with Crippen molar-refractivity contribution in [2.75, 3.05) is 6.61 Å². The van der Waals surface area contributed by atoms with Crippen LogP contribution >= 0.6 is 15.9 Å². The topological polar surface area (TPSA) is 21.3 Å². The minimum atomic E-state index is 0.459. The summed E-state index contributed by atoms with van der Waals surface area (Å²) in [6.07, 6.45) is 10.8. The standard InChI is InChI=1S/C17H24BrNO/c18-13-8-9-17-15(12-13)16(10-11-20-17)19-14-6-4-2-1-3-5-7-14/h8-9,12,14,16,19H,1-7,10-11H2. The van der Waals surface area contributed by atoms with Crippen molar-refractivity contribution in [2.24, 2.45) is 0 Å². The van der Waals surface area contributed by atoms with E-state index < -0.39 is 0 Å². The van der Waals surface area contributed by atoms with Gasteiger partial charge in [-0.25, -0.2) is 0 Å². The summed E-state index contributed by atoms with van der Waals surface area (Å²) in [6.45, 7) is 0.832. The smallest absolute Gasteiger partial charge is 0.124 e. The van der Waals surface area contributed by atoms with Gasteiger partial charge in [0.2, 0.25) is 0 Å². The van der Waals surface area contributed by atoms with Crippen molar-refractivity contribution in [2.45, 2.75) is 63.5 Å². The molecule has 0 radical (unpaired) electrons. The van der Waals surface area contributed by atoms with Crippen molar-refractivity contribution >= 4 is 15.9 Å². The molecular weight excluding hydrogens is 314 g/mol. The molecule has 1 N–H and O–H groups in total. The molecule has 1 heterocycles. The van der Waals surface area contributed by atoms with Crippen LogP contribution in [-0.2, 0) is 0 Å². The third kappa shape index (κ3) is 3.56. The Bertz CT molecular complexity index is 441. The third-order valence-corrected chi connectivity index (χ3v) is 5.05. The van der Waals surface area contributed by atoms with Crippen LogP contribution < -0.4 is 10.1 Å². The molecule has 0 amide bonds. The molecule has 1 atom stereocenters. The van der Waals surface area contributed by atoms with Crippen molar-refractivity contribution in [3.05, 3.63) is 28.2 Å². The highest BCUT2D eigenvalue weighted by Crippen LogP contribution is 2.35. The first-order chi connectivity index (χ1) is 9.83. The summed E-state index contributed by atoms with van der Waals surface area (Å²) in [7, 11) is 0. The molecule has 3 rings (SSSR count). The quantitative estimate of drug-likeness (QED) is 0.822. The molecule has 3 heteroatoms. The van der Waals surface area contributed by atoms with Gasteiger partial charge < -0.3 is 10.1 Å². The largest absolute Gasteiger partial charge is 0.493 e. The van der Waals surface area contributed by atoms with Crippen LogP contribution in [0.15, 0.2) is 22.7 Å². The van der Waals surface area contributed by atoms with Crippen LogP contribution in [0.1, 0.15) is 63.0 Å². The minimum absolute atomic E-state index is 0.459. The van der Waals surface area contributed by atoms with Crippen molar-refractivity contribution in [3.8, 4) is 5.75 Å². The van der Waals surface area contributed by atoms with Crippen molar-refractivity contribution in [1.82, 2.24) is 5.32 Å². The highest BCUT2D eigenvalue weighted by atomic mass is 79.9. The molecule has 0 spiro atoms. The maximum Gasteiger partial charge on any atom is 0.124 e. The fourth-order valence-corrected chi connectivity index (χ4v) is 3.82. The highest BCUT2D eigenvalue weighted by molar-refractivity contribution is 9.10. The number of hydrogen-bond donors (Lipinski definition) is 1. The average Bonchev–Trinajstić information content (AvgIpc) is 2.42. The summed E-state index contributed by atoms with van der Waals surface area (Å²) in [5.41, 5.74) is 1.33. The highest BCUT2D eigenvalue weighted by Gasteiger charge is 2.24. The first kappa shape index (κ1) is 14.4. The molecule has 0 aromatic heterocycles. The Balaban J connectivity index is 1.70. The average molecular weight is 338 g/mol. The van der Waals surface area contributed by atoms with E-state index in [9.17, 15) is 0 Å². The van der Waals surface area contributed by atoms with E-state index in [2.05, 4.69) is 39.4 Å². The maximum atomic E-state index is 5.78. The molecule has 110 valence electrons. The predicted molar refractivity (Wildman–Crippen MR) is 86.2 cm³/mol. The van der Waals surface area contributed by atoms with E-state index in [1.54, 1.807) is 0 Å². The molecule has 1 aliphatic heterocycles. The number of fused-ring (bicyclic) bond motifs is 1. The molecule has 1 aromatic carbocycles. The summed E-state index contributed by atoms with van der Waals surface area (Å²) < 4.78 is 6.93. The lowest BCUT2D eigenvalue weighted by Crippen LogP contribution is -2.36. The van der Waals surface area contributed by atoms with Gasteiger partial charge in [0, 0.05) is 28.5 Å². The molecule has 0 bridgehead atoms. The van der Waals surface area contributed by atoms with Crippen LogP contribution in [0, 0.1) is 0 Å². The lowest BCUT2D eigenvalue weighted by atomic mass is 9.94. The van der Waals surface area contributed by atoms with Gasteiger partial charge in [-0.1, -0.05) is 48.0 Å². The van der Waals surface area contributed by atoms with Gasteiger partial charge in [-0.3, -0.25) is 0 Å². The number of ether oxygens (including phenoxy) is 1. The van der Waals surface area contributed by atoms with Crippen LogP contribution in [0.5, 0.6) is 5.75 Å². The zero-order valence-electron chi connectivity index (χ0n) is 12.0. The fraction of sp³-hybridized carbons (Fsp3) is 0.647. The Morgan fingerprint density at radius 1 is 1.00 bits per heavy atom. The molecule has 0 saturated heterocycles. The number of halogens is 1. The van der Waals surface area contributed by atoms with Crippen LogP contribution in [0.2, 0.25) is 0 Å². The van der Waals surface area contributed by atoms with E-state index in [-0.39, 0.29) is 0 Å². The Kier molecular flexibility index (Phi) is 5.00. The van der Waals surface area contributed by atoms with E-state index >= 15 is 0 Å². The van der Waals surface area contributed by atoms with E-state index in [0.717, 1.165) is 23.2 Å². The number of nitrogens with one attached hydrogen (secondary N) is 1. The molecular formula is C17H24BrNO. The third-order valence-electron chi connectivity index (χ3n) is 4.55. The van der Waals surface area contributed by atoms with E-state index in [0.29, 0.717) is 12.1 Å². The van der Waals surface area contributed by atoms with Gasteiger partial charge in [0.1, 0.15) is 5.75 Å². The molecule has 2 nitrogen and oxygen atoms in total. The summed E-state index contributed by atoms with van der Waals surface area (Å²) >= 11 is 3.58. The number of hydrogen-bond acceptors (Lipinski definition) is 2. The fourth-order valence-electron chi connectivity index (χ4n) is 3.45. The van der Waals surface area contributed by atoms with Gasteiger partial charge >= 0.3 is 0 Å². The first-order valence-corrected chi connectivity index (χ1v) is 8.80. The normalized spacial score (nSPS) is 24.4. The van der Waals surface area contributed by atoms with Gasteiger partial charge in [-0.05, 0) is 31.0 Å². The molecule has 1 unspecified atom stereocenters. The molecule has 1 aliphatic carbocycles. The summed E-state index contributed by atoms with van der Waals surface area (Å²) in [5.74, 6) is 1.06. The second kappa shape index (κ2) is 6.95. The van der Waals surface area contributed by atoms with Crippen LogP contribution in [0.25, 0.3) is 0 Å². The van der Waals surface area contributed by atoms with Gasteiger partial charge in [0.05, 0.1) is 6.61 Å². The predicted octanol–water partition coefficient (Wildman–Crippen LogP) is 4.98. The molecule has 1 aromatic rings. The van der Waals surface area contributed by atoms with Crippen molar-refractivity contribution in [3.63, 3.8) is 0 Å². The lowest BCUT2D eigenvalue weighted by molar-refractivity contribution is 0.236. The van der Waals surface area contributed by atoms with Crippen LogP contribution in [-0.4, -0.2) is 12.6 Å². The van der Waals surface area contributed by atoms with E-state index in [1.165, 1.54) is 50.5 Å². The summed E-state index contributed by atoms with van der Waals surface area (Å²) in [4.78, 5) is 0. The van der Waals surface area contributed by atoms with E-state index in [1.807, 2.05) is 0 Å². The molecule has 1 saturated carbocycles. The monoisotopic (exact) mass is 337 g/mol. The second-order valence-corrected chi connectivity index (χ2v) is 7.00. The second-order valence-electron chi connectivity index (χ2n) is 6.08. The Morgan fingerprint density at radius 2 is 1.75 bits per heavy atom. The molecule has 20 heavy (non-hydrogen) atoms. The van der Waals surface area contributed by atoms with E-state index in [4.69, 9.17) is 4.74 Å². The maximum absolute atomic E-state index is 5.78. The lowest BCUT2D eigenvalue weighted by Gasteiger charge is -2.31. The minimum Gasteiger partial charge on any atom is -0.493 e. The zero-order chi connectivity index (χ0) is 13.8. The van der Waals surface area contributed by atoms with Crippen LogP contribution in [0.4, 0.5) is 0 Å². The van der Waals surface area contributed by atoms with Gasteiger partial charge in [-0.2, -0.15) is 0 Å². The molecule has 2 aliphatic rings. The number of benzene rings is 1. The Morgan fingerprint density at radius 3 is 2.55 bits per heavy atom. The first-order valence-electron chi connectivity index (χ1n) is 8.01.